The van der Waals surface area contributed by atoms with Gasteiger partial charge in [0, 0.05) is 16.1 Å². The third kappa shape index (κ3) is 3.34. The first-order valence-corrected chi connectivity index (χ1v) is 9.64. The summed E-state index contributed by atoms with van der Waals surface area (Å²) in [5.41, 5.74) is 3.99. The topological polar surface area (TPSA) is 68.3 Å². The molecule has 1 aromatic heterocycles. The van der Waals surface area contributed by atoms with Gasteiger partial charge in [0.1, 0.15) is 0 Å². The Labute approximate surface area is 167 Å². The molecule has 4 rings (SSSR count). The molecule has 5 nitrogen and oxygen atoms in total. The monoisotopic (exact) mass is 394 g/mol. The van der Waals surface area contributed by atoms with Gasteiger partial charge in [-0.15, -0.1) is 0 Å². The van der Waals surface area contributed by atoms with Crippen molar-refractivity contribution in [3.8, 4) is 0 Å². The van der Waals surface area contributed by atoms with Crippen LogP contribution in [0.1, 0.15) is 45.3 Å². The number of amides is 1. The summed E-state index contributed by atoms with van der Waals surface area (Å²) in [5.74, 6) is -0.740. The molecule has 0 bridgehead atoms. The number of carbonyl (C=O) groups excluding carboxylic acids is 2. The number of pyridine rings is 1. The highest BCUT2D eigenvalue weighted by atomic mass is 35.5. The zero-order valence-corrected chi connectivity index (χ0v) is 16.2. The van der Waals surface area contributed by atoms with Crippen LogP contribution in [0.15, 0.2) is 42.5 Å². The second-order valence-corrected chi connectivity index (χ2v) is 7.08. The van der Waals surface area contributed by atoms with Gasteiger partial charge in [-0.2, -0.15) is 0 Å². The van der Waals surface area contributed by atoms with Crippen LogP contribution in [0.5, 0.6) is 0 Å². The molecule has 0 fully saturated rings. The number of hydrogen-bond acceptors (Lipinski definition) is 4. The van der Waals surface area contributed by atoms with E-state index in [1.807, 2.05) is 6.07 Å². The number of carbonyl (C=O) groups is 2. The molecular formula is C22H19ClN2O3. The molecule has 142 valence electrons. The van der Waals surface area contributed by atoms with E-state index < -0.39 is 5.97 Å². The average Bonchev–Trinajstić information content (AvgIpc) is 3.14. The number of fused-ring (bicyclic) bond motifs is 2. The predicted molar refractivity (Wildman–Crippen MR) is 109 cm³/mol. The van der Waals surface area contributed by atoms with Crippen molar-refractivity contribution in [1.82, 2.24) is 4.98 Å². The molecule has 3 aromatic rings. The van der Waals surface area contributed by atoms with Crippen molar-refractivity contribution >= 4 is 40.1 Å². The highest BCUT2D eigenvalue weighted by molar-refractivity contribution is 6.31. The van der Waals surface area contributed by atoms with Gasteiger partial charge in [0.15, 0.2) is 0 Å². The number of hydrogen-bond donors (Lipinski definition) is 1. The van der Waals surface area contributed by atoms with Crippen LogP contribution in [-0.4, -0.2) is 23.5 Å². The number of benzene rings is 2. The lowest BCUT2D eigenvalue weighted by Crippen LogP contribution is -2.18. The fraction of sp³-hybridized carbons (Fsp3) is 0.227. The molecule has 0 unspecified atom stereocenters. The second kappa shape index (κ2) is 7.60. The minimum Gasteiger partial charge on any atom is -0.462 e. The molecule has 1 N–H and O–H groups in total. The minimum absolute atomic E-state index is 0.266. The largest absolute Gasteiger partial charge is 0.462 e. The van der Waals surface area contributed by atoms with Gasteiger partial charge in [0.2, 0.25) is 0 Å². The summed E-state index contributed by atoms with van der Waals surface area (Å²) >= 11 is 6.19. The summed E-state index contributed by atoms with van der Waals surface area (Å²) in [6.45, 7) is 2.01. The summed E-state index contributed by atoms with van der Waals surface area (Å²) in [6.07, 6.45) is 2.62. The quantitative estimate of drug-likeness (QED) is 0.645. The minimum atomic E-state index is -0.466. The number of nitrogens with one attached hydrogen (secondary N) is 1. The SMILES string of the molecule is CCOC(=O)c1ccccc1NC(=O)c1c2c(nc3ccc(Cl)cc13)CCC2. The Kier molecular flexibility index (Phi) is 5.01. The van der Waals surface area contributed by atoms with Crippen molar-refractivity contribution in [2.24, 2.45) is 0 Å². The highest BCUT2D eigenvalue weighted by Crippen LogP contribution is 2.32. The molecule has 1 aliphatic rings. The Bertz CT molecular complexity index is 1090. The number of aromatic nitrogens is 1. The van der Waals surface area contributed by atoms with E-state index in [-0.39, 0.29) is 12.5 Å². The van der Waals surface area contributed by atoms with Crippen LogP contribution in [0.25, 0.3) is 10.9 Å². The van der Waals surface area contributed by atoms with Gasteiger partial charge >= 0.3 is 5.97 Å². The fourth-order valence-corrected chi connectivity index (χ4v) is 3.83. The molecule has 0 radical (unpaired) electrons. The van der Waals surface area contributed by atoms with Crippen LogP contribution in [0, 0.1) is 0 Å². The third-order valence-corrected chi connectivity index (χ3v) is 5.11. The Morgan fingerprint density at radius 3 is 2.82 bits per heavy atom. The smallest absolute Gasteiger partial charge is 0.340 e. The number of halogens is 1. The average molecular weight is 395 g/mol. The number of anilines is 1. The molecular weight excluding hydrogens is 376 g/mol. The summed E-state index contributed by atoms with van der Waals surface area (Å²) in [5, 5.41) is 4.17. The van der Waals surface area contributed by atoms with Gasteiger partial charge in [0.05, 0.1) is 28.9 Å². The normalized spacial score (nSPS) is 12.6. The number of esters is 1. The lowest BCUT2D eigenvalue weighted by Gasteiger charge is -2.14. The second-order valence-electron chi connectivity index (χ2n) is 6.65. The fourth-order valence-electron chi connectivity index (χ4n) is 3.66. The molecule has 1 aliphatic carbocycles. The molecule has 1 heterocycles. The van der Waals surface area contributed by atoms with Crippen LogP contribution in [0.2, 0.25) is 5.02 Å². The molecule has 0 saturated carbocycles. The van der Waals surface area contributed by atoms with Crippen LogP contribution in [0.3, 0.4) is 0 Å². The van der Waals surface area contributed by atoms with E-state index >= 15 is 0 Å². The molecule has 6 heteroatoms. The van der Waals surface area contributed by atoms with E-state index in [2.05, 4.69) is 5.32 Å². The van der Waals surface area contributed by atoms with Gasteiger partial charge in [-0.05, 0) is 62.1 Å². The maximum absolute atomic E-state index is 13.3. The van der Waals surface area contributed by atoms with Crippen molar-refractivity contribution in [3.05, 3.63) is 69.9 Å². The van der Waals surface area contributed by atoms with Gasteiger partial charge < -0.3 is 10.1 Å². The number of rotatable bonds is 4. The van der Waals surface area contributed by atoms with Crippen molar-refractivity contribution in [1.29, 1.82) is 0 Å². The van der Waals surface area contributed by atoms with Crippen molar-refractivity contribution in [3.63, 3.8) is 0 Å². The Balaban J connectivity index is 1.79. The Morgan fingerprint density at radius 1 is 1.18 bits per heavy atom. The van der Waals surface area contributed by atoms with Crippen LogP contribution in [-0.2, 0) is 17.6 Å². The van der Waals surface area contributed by atoms with E-state index in [1.165, 1.54) is 0 Å². The molecule has 0 spiro atoms. The zero-order chi connectivity index (χ0) is 19.7. The number of para-hydroxylation sites is 1. The maximum atomic E-state index is 13.3. The molecule has 0 saturated heterocycles. The van der Waals surface area contributed by atoms with Crippen molar-refractivity contribution in [2.45, 2.75) is 26.2 Å². The molecule has 0 aliphatic heterocycles. The molecule has 2 aromatic carbocycles. The van der Waals surface area contributed by atoms with Crippen molar-refractivity contribution < 1.29 is 14.3 Å². The first-order valence-electron chi connectivity index (χ1n) is 9.27. The van der Waals surface area contributed by atoms with E-state index in [9.17, 15) is 9.59 Å². The van der Waals surface area contributed by atoms with Crippen LogP contribution >= 0.6 is 11.6 Å². The van der Waals surface area contributed by atoms with E-state index in [1.54, 1.807) is 43.3 Å². The van der Waals surface area contributed by atoms with Gasteiger partial charge in [-0.25, -0.2) is 4.79 Å². The molecule has 0 atom stereocenters. The summed E-state index contributed by atoms with van der Waals surface area (Å²) in [6, 6.07) is 12.2. The van der Waals surface area contributed by atoms with Crippen molar-refractivity contribution in [2.75, 3.05) is 11.9 Å². The summed E-state index contributed by atoms with van der Waals surface area (Å²) in [4.78, 5) is 30.2. The Morgan fingerprint density at radius 2 is 2.00 bits per heavy atom. The first kappa shape index (κ1) is 18.4. The summed E-state index contributed by atoms with van der Waals surface area (Å²) < 4.78 is 5.10. The summed E-state index contributed by atoms with van der Waals surface area (Å²) in [7, 11) is 0. The molecule has 1 amide bonds. The number of ether oxygens (including phenoxy) is 1. The van der Waals surface area contributed by atoms with Gasteiger partial charge in [-0.1, -0.05) is 23.7 Å². The zero-order valence-electron chi connectivity index (χ0n) is 15.4. The lowest BCUT2D eigenvalue weighted by molar-refractivity contribution is 0.0527. The van der Waals surface area contributed by atoms with E-state index in [4.69, 9.17) is 21.3 Å². The highest BCUT2D eigenvalue weighted by Gasteiger charge is 2.25. The predicted octanol–water partition coefficient (Wildman–Crippen LogP) is 4.81. The first-order chi connectivity index (χ1) is 13.6. The Hall–Kier alpha value is -2.92. The van der Waals surface area contributed by atoms with Crippen LogP contribution < -0.4 is 5.32 Å². The lowest BCUT2D eigenvalue weighted by atomic mass is 10.00. The molecule has 28 heavy (non-hydrogen) atoms. The number of nitrogens with zero attached hydrogens (tertiary/aromatic N) is 1. The van der Waals surface area contributed by atoms with Crippen LogP contribution in [0.4, 0.5) is 5.69 Å². The third-order valence-electron chi connectivity index (χ3n) is 4.87. The van der Waals surface area contributed by atoms with E-state index in [0.29, 0.717) is 21.8 Å². The van der Waals surface area contributed by atoms with Gasteiger partial charge in [-0.3, -0.25) is 9.78 Å². The standard InChI is InChI=1S/C22H19ClN2O3/c1-2-28-22(27)15-6-3-4-8-18(15)25-21(26)20-14-7-5-9-17(14)24-19-11-10-13(23)12-16(19)20/h3-4,6,8,10-12H,2,5,7,9H2,1H3,(H,25,26). The maximum Gasteiger partial charge on any atom is 0.340 e. The van der Waals surface area contributed by atoms with Gasteiger partial charge in [0.25, 0.3) is 5.91 Å². The van der Waals surface area contributed by atoms with E-state index in [0.717, 1.165) is 41.4 Å². The number of aryl methyl sites for hydroxylation is 1.